The second kappa shape index (κ2) is 4.84. The van der Waals surface area contributed by atoms with Gasteiger partial charge < -0.3 is 10.6 Å². The molecule has 92 valence electrons. The molecule has 17 heavy (non-hydrogen) atoms. The van der Waals surface area contributed by atoms with Crippen molar-refractivity contribution in [1.29, 1.82) is 0 Å². The molecule has 1 fully saturated rings. The van der Waals surface area contributed by atoms with Crippen LogP contribution in [0.2, 0.25) is 10.0 Å². The predicted octanol–water partition coefficient (Wildman–Crippen LogP) is 2.56. The molecule has 2 atom stereocenters. The zero-order chi connectivity index (χ0) is 12.6. The monoisotopic (exact) mass is 272 g/mol. The van der Waals surface area contributed by atoms with Crippen molar-refractivity contribution in [2.24, 2.45) is 5.73 Å². The van der Waals surface area contributed by atoms with Crippen LogP contribution in [-0.2, 0) is 0 Å². The maximum Gasteiger partial charge on any atom is 0.255 e. The molecule has 1 aliphatic heterocycles. The lowest BCUT2D eigenvalue weighted by Gasteiger charge is -2.23. The van der Waals surface area contributed by atoms with Crippen LogP contribution in [0.4, 0.5) is 0 Å². The highest BCUT2D eigenvalue weighted by atomic mass is 35.5. The summed E-state index contributed by atoms with van der Waals surface area (Å²) in [7, 11) is 0. The average molecular weight is 273 g/mol. The third-order valence-electron chi connectivity index (χ3n) is 3.24. The molecular weight excluding hydrogens is 259 g/mol. The van der Waals surface area contributed by atoms with E-state index in [4.69, 9.17) is 28.9 Å². The number of hydrogen-bond acceptors (Lipinski definition) is 2. The molecule has 0 aliphatic carbocycles. The molecule has 0 aromatic heterocycles. The van der Waals surface area contributed by atoms with Gasteiger partial charge in [-0.2, -0.15) is 0 Å². The average Bonchev–Trinajstić information content (AvgIpc) is 2.59. The number of carbonyl (C=O) groups is 1. The lowest BCUT2D eigenvalue weighted by Crippen LogP contribution is -2.40. The summed E-state index contributed by atoms with van der Waals surface area (Å²) in [4.78, 5) is 14.0. The van der Waals surface area contributed by atoms with Crippen molar-refractivity contribution in [1.82, 2.24) is 4.90 Å². The lowest BCUT2D eigenvalue weighted by molar-refractivity contribution is 0.0743. The first-order chi connectivity index (χ1) is 8.00. The van der Waals surface area contributed by atoms with E-state index >= 15 is 0 Å². The van der Waals surface area contributed by atoms with Gasteiger partial charge in [-0.05, 0) is 31.5 Å². The Hall–Kier alpha value is -0.770. The normalized spacial score (nSPS) is 24.1. The third kappa shape index (κ3) is 2.41. The zero-order valence-corrected chi connectivity index (χ0v) is 11.0. The summed E-state index contributed by atoms with van der Waals surface area (Å²) in [6.45, 7) is 2.64. The topological polar surface area (TPSA) is 46.3 Å². The van der Waals surface area contributed by atoms with E-state index in [0.717, 1.165) is 6.42 Å². The minimum Gasteiger partial charge on any atom is -0.334 e. The molecule has 2 unspecified atom stereocenters. The minimum absolute atomic E-state index is 0.0463. The highest BCUT2D eigenvalue weighted by Gasteiger charge is 2.32. The van der Waals surface area contributed by atoms with Crippen LogP contribution in [-0.4, -0.2) is 29.4 Å². The predicted molar refractivity (Wildman–Crippen MR) is 69.6 cm³/mol. The summed E-state index contributed by atoms with van der Waals surface area (Å²) in [6, 6.07) is 5.00. The molecule has 1 heterocycles. The second-order valence-corrected chi connectivity index (χ2v) is 5.16. The molecule has 5 heteroatoms. The summed E-state index contributed by atoms with van der Waals surface area (Å²) in [5.41, 5.74) is 6.38. The Kier molecular flexibility index (Phi) is 3.61. The van der Waals surface area contributed by atoms with Gasteiger partial charge in [0.25, 0.3) is 5.91 Å². The molecule has 1 aromatic rings. The first kappa shape index (κ1) is 12.7. The number of benzene rings is 1. The van der Waals surface area contributed by atoms with Gasteiger partial charge in [0.1, 0.15) is 0 Å². The van der Waals surface area contributed by atoms with Gasteiger partial charge >= 0.3 is 0 Å². The van der Waals surface area contributed by atoms with Crippen LogP contribution < -0.4 is 5.73 Å². The Morgan fingerprint density at radius 3 is 2.71 bits per heavy atom. The van der Waals surface area contributed by atoms with Gasteiger partial charge in [-0.1, -0.05) is 23.2 Å². The fraction of sp³-hybridized carbons (Fsp3) is 0.417. The van der Waals surface area contributed by atoms with Gasteiger partial charge in [0.2, 0.25) is 0 Å². The van der Waals surface area contributed by atoms with Crippen LogP contribution >= 0.6 is 23.2 Å². The van der Waals surface area contributed by atoms with Crippen molar-refractivity contribution in [3.05, 3.63) is 33.8 Å². The van der Waals surface area contributed by atoms with Crippen molar-refractivity contribution < 1.29 is 4.79 Å². The standard InChI is InChI=1S/C12H14Cl2N2O/c1-7-11(15)4-5-16(7)12(17)9-3-2-8(13)6-10(9)14/h2-3,6-7,11H,4-5,15H2,1H3. The maximum absolute atomic E-state index is 12.3. The van der Waals surface area contributed by atoms with E-state index in [1.165, 1.54) is 0 Å². The number of likely N-dealkylation sites (tertiary alicyclic amines) is 1. The molecule has 1 aliphatic rings. The minimum atomic E-state index is -0.0767. The molecular formula is C12H14Cl2N2O. The van der Waals surface area contributed by atoms with E-state index in [-0.39, 0.29) is 18.0 Å². The van der Waals surface area contributed by atoms with Crippen molar-refractivity contribution in [3.63, 3.8) is 0 Å². The van der Waals surface area contributed by atoms with Crippen molar-refractivity contribution in [3.8, 4) is 0 Å². The molecule has 2 rings (SSSR count). The van der Waals surface area contributed by atoms with E-state index < -0.39 is 0 Å². The van der Waals surface area contributed by atoms with E-state index in [9.17, 15) is 4.79 Å². The largest absolute Gasteiger partial charge is 0.334 e. The summed E-state index contributed by atoms with van der Waals surface area (Å²) in [5, 5.41) is 0.910. The molecule has 1 aromatic carbocycles. The zero-order valence-electron chi connectivity index (χ0n) is 9.49. The molecule has 2 N–H and O–H groups in total. The highest BCUT2D eigenvalue weighted by molar-refractivity contribution is 6.36. The Morgan fingerprint density at radius 1 is 1.47 bits per heavy atom. The van der Waals surface area contributed by atoms with Crippen LogP contribution in [0.1, 0.15) is 23.7 Å². The van der Waals surface area contributed by atoms with Crippen molar-refractivity contribution in [2.45, 2.75) is 25.4 Å². The number of carbonyl (C=O) groups excluding carboxylic acids is 1. The molecule has 0 radical (unpaired) electrons. The van der Waals surface area contributed by atoms with Crippen LogP contribution in [0.15, 0.2) is 18.2 Å². The van der Waals surface area contributed by atoms with Crippen LogP contribution in [0.3, 0.4) is 0 Å². The van der Waals surface area contributed by atoms with Gasteiger partial charge in [0.05, 0.1) is 10.6 Å². The summed E-state index contributed by atoms with van der Waals surface area (Å²) in [5.74, 6) is -0.0767. The fourth-order valence-electron chi connectivity index (χ4n) is 2.07. The van der Waals surface area contributed by atoms with Crippen LogP contribution in [0.25, 0.3) is 0 Å². The number of amides is 1. The van der Waals surface area contributed by atoms with Gasteiger partial charge in [-0.3, -0.25) is 4.79 Å². The van der Waals surface area contributed by atoms with E-state index in [2.05, 4.69) is 0 Å². The molecule has 0 saturated carbocycles. The van der Waals surface area contributed by atoms with Crippen LogP contribution in [0.5, 0.6) is 0 Å². The third-order valence-corrected chi connectivity index (χ3v) is 3.78. The van der Waals surface area contributed by atoms with Gasteiger partial charge in [-0.25, -0.2) is 0 Å². The van der Waals surface area contributed by atoms with Gasteiger partial charge in [-0.15, -0.1) is 0 Å². The van der Waals surface area contributed by atoms with Gasteiger partial charge in [0.15, 0.2) is 0 Å². The Balaban J connectivity index is 2.26. The Morgan fingerprint density at radius 2 is 2.18 bits per heavy atom. The maximum atomic E-state index is 12.3. The fourth-order valence-corrected chi connectivity index (χ4v) is 2.56. The summed E-state index contributed by atoms with van der Waals surface area (Å²) < 4.78 is 0. The highest BCUT2D eigenvalue weighted by Crippen LogP contribution is 2.25. The SMILES string of the molecule is CC1C(N)CCN1C(=O)c1ccc(Cl)cc1Cl. The van der Waals surface area contributed by atoms with E-state index in [1.54, 1.807) is 23.1 Å². The smallest absolute Gasteiger partial charge is 0.255 e. The first-order valence-corrected chi connectivity index (χ1v) is 6.28. The second-order valence-electron chi connectivity index (χ2n) is 4.32. The number of nitrogens with two attached hydrogens (primary N) is 1. The first-order valence-electron chi connectivity index (χ1n) is 5.52. The van der Waals surface area contributed by atoms with Crippen molar-refractivity contribution >= 4 is 29.1 Å². The van der Waals surface area contributed by atoms with Crippen LogP contribution in [0, 0.1) is 0 Å². The number of halogens is 2. The molecule has 3 nitrogen and oxygen atoms in total. The quantitative estimate of drug-likeness (QED) is 0.854. The van der Waals surface area contributed by atoms with Crippen molar-refractivity contribution in [2.75, 3.05) is 6.54 Å². The Bertz CT molecular complexity index is 450. The molecule has 0 spiro atoms. The van der Waals surface area contributed by atoms with Gasteiger partial charge in [0, 0.05) is 23.7 Å². The molecule has 1 saturated heterocycles. The van der Waals surface area contributed by atoms with E-state index in [1.807, 2.05) is 6.92 Å². The lowest BCUT2D eigenvalue weighted by atomic mass is 10.1. The number of rotatable bonds is 1. The number of hydrogen-bond donors (Lipinski definition) is 1. The summed E-state index contributed by atoms with van der Waals surface area (Å²) in [6.07, 6.45) is 0.831. The molecule has 1 amide bonds. The summed E-state index contributed by atoms with van der Waals surface area (Å²) >= 11 is 11.8. The van der Waals surface area contributed by atoms with E-state index in [0.29, 0.717) is 22.2 Å². The Labute approximate surface area is 110 Å². The molecule has 0 bridgehead atoms. The number of nitrogens with zero attached hydrogens (tertiary/aromatic N) is 1.